The molecule has 2 atom stereocenters. The second-order valence-electron chi connectivity index (χ2n) is 7.04. The van der Waals surface area contributed by atoms with Crippen molar-refractivity contribution in [2.75, 3.05) is 13.6 Å². The van der Waals surface area contributed by atoms with Crippen LogP contribution in [0.3, 0.4) is 0 Å². The molecule has 0 radical (unpaired) electrons. The molecule has 7 heteroatoms. The Labute approximate surface area is 150 Å². The fourth-order valence-corrected chi connectivity index (χ4v) is 3.56. The molecule has 2 unspecified atom stereocenters. The highest BCUT2D eigenvalue weighted by Gasteiger charge is 2.35. The van der Waals surface area contributed by atoms with Crippen LogP contribution in [0.15, 0.2) is 30.5 Å². The maximum atomic E-state index is 13.6. The Morgan fingerprint density at radius 1 is 1.19 bits per heavy atom. The average Bonchev–Trinajstić information content (AvgIpc) is 3.42. The molecular formula is C19H20F2N4O. The van der Waals surface area contributed by atoms with Crippen molar-refractivity contribution >= 4 is 5.91 Å². The molecule has 5 nitrogen and oxygen atoms in total. The molecular weight excluding hydrogens is 338 g/mol. The molecule has 1 aliphatic heterocycles. The SMILES string of the molecule is CN1CCC(NC(=O)c2ccnc(C3CC3)n2)C1c1ccc(F)c(F)c1. The molecule has 2 aliphatic rings. The molecule has 136 valence electrons. The topological polar surface area (TPSA) is 58.1 Å². The number of halogens is 2. The summed E-state index contributed by atoms with van der Waals surface area (Å²) < 4.78 is 26.9. The van der Waals surface area contributed by atoms with Crippen molar-refractivity contribution in [1.29, 1.82) is 0 Å². The number of carbonyl (C=O) groups is 1. The second-order valence-corrected chi connectivity index (χ2v) is 7.04. The number of nitrogens with one attached hydrogen (secondary N) is 1. The van der Waals surface area contributed by atoms with E-state index in [4.69, 9.17) is 0 Å². The van der Waals surface area contributed by atoms with Crippen molar-refractivity contribution < 1.29 is 13.6 Å². The van der Waals surface area contributed by atoms with Crippen LogP contribution in [-0.4, -0.2) is 40.4 Å². The van der Waals surface area contributed by atoms with E-state index < -0.39 is 11.6 Å². The summed E-state index contributed by atoms with van der Waals surface area (Å²) in [7, 11) is 1.91. The Morgan fingerprint density at radius 2 is 2.00 bits per heavy atom. The van der Waals surface area contributed by atoms with Crippen molar-refractivity contribution in [3.8, 4) is 0 Å². The quantitative estimate of drug-likeness (QED) is 0.913. The number of rotatable bonds is 4. The summed E-state index contributed by atoms with van der Waals surface area (Å²) in [5, 5.41) is 3.01. The summed E-state index contributed by atoms with van der Waals surface area (Å²) in [6.45, 7) is 0.756. The lowest BCUT2D eigenvalue weighted by Crippen LogP contribution is -2.39. The monoisotopic (exact) mass is 358 g/mol. The molecule has 26 heavy (non-hydrogen) atoms. The number of likely N-dealkylation sites (tertiary alicyclic amines) is 1. The van der Waals surface area contributed by atoms with Crippen LogP contribution in [-0.2, 0) is 0 Å². The van der Waals surface area contributed by atoms with Crippen molar-refractivity contribution in [2.45, 2.75) is 37.3 Å². The van der Waals surface area contributed by atoms with Crippen LogP contribution < -0.4 is 5.32 Å². The highest BCUT2D eigenvalue weighted by molar-refractivity contribution is 5.92. The average molecular weight is 358 g/mol. The third kappa shape index (κ3) is 3.31. The smallest absolute Gasteiger partial charge is 0.270 e. The molecule has 1 N–H and O–H groups in total. The minimum Gasteiger partial charge on any atom is -0.346 e. The summed E-state index contributed by atoms with van der Waals surface area (Å²) in [5.74, 6) is -0.919. The zero-order valence-corrected chi connectivity index (χ0v) is 14.5. The highest BCUT2D eigenvalue weighted by atomic mass is 19.2. The Morgan fingerprint density at radius 3 is 2.73 bits per heavy atom. The van der Waals surface area contributed by atoms with Crippen LogP contribution in [0, 0.1) is 11.6 Å². The van der Waals surface area contributed by atoms with E-state index >= 15 is 0 Å². The number of hydrogen-bond acceptors (Lipinski definition) is 4. The molecule has 1 saturated carbocycles. The molecule has 0 spiro atoms. The summed E-state index contributed by atoms with van der Waals surface area (Å²) in [6.07, 6.45) is 4.48. The molecule has 1 aromatic heterocycles. The van der Waals surface area contributed by atoms with E-state index in [1.807, 2.05) is 11.9 Å². The zero-order valence-electron chi connectivity index (χ0n) is 14.5. The van der Waals surface area contributed by atoms with Crippen LogP contribution in [0.1, 0.15) is 53.1 Å². The van der Waals surface area contributed by atoms with Crippen LogP contribution in [0.2, 0.25) is 0 Å². The van der Waals surface area contributed by atoms with Gasteiger partial charge in [-0.25, -0.2) is 18.7 Å². The third-order valence-corrected chi connectivity index (χ3v) is 5.10. The maximum absolute atomic E-state index is 13.6. The first-order valence-corrected chi connectivity index (χ1v) is 8.82. The molecule has 1 saturated heterocycles. The van der Waals surface area contributed by atoms with Gasteiger partial charge < -0.3 is 5.32 Å². The zero-order chi connectivity index (χ0) is 18.3. The number of amides is 1. The molecule has 2 heterocycles. The highest BCUT2D eigenvalue weighted by Crippen LogP contribution is 2.37. The molecule has 2 aromatic rings. The summed E-state index contributed by atoms with van der Waals surface area (Å²) in [5.41, 5.74) is 0.996. The lowest BCUT2D eigenvalue weighted by molar-refractivity contribution is 0.0922. The van der Waals surface area contributed by atoms with E-state index in [9.17, 15) is 13.6 Å². The van der Waals surface area contributed by atoms with E-state index in [1.165, 1.54) is 6.07 Å². The van der Waals surface area contributed by atoms with Gasteiger partial charge in [-0.15, -0.1) is 0 Å². The first-order valence-electron chi connectivity index (χ1n) is 8.82. The fourth-order valence-electron chi connectivity index (χ4n) is 3.56. The minimum atomic E-state index is -0.877. The van der Waals surface area contributed by atoms with Crippen LogP contribution in [0.4, 0.5) is 8.78 Å². The Balaban J connectivity index is 1.53. The predicted octanol–water partition coefficient (Wildman–Crippen LogP) is 2.81. The predicted molar refractivity (Wildman–Crippen MR) is 91.6 cm³/mol. The van der Waals surface area contributed by atoms with Crippen molar-refractivity contribution in [3.63, 3.8) is 0 Å². The second kappa shape index (κ2) is 6.72. The Bertz CT molecular complexity index is 840. The van der Waals surface area contributed by atoms with Crippen LogP contribution in [0.5, 0.6) is 0 Å². The number of carbonyl (C=O) groups excluding carboxylic acids is 1. The van der Waals surface area contributed by atoms with E-state index in [2.05, 4.69) is 15.3 Å². The van der Waals surface area contributed by atoms with Gasteiger partial charge in [0, 0.05) is 18.7 Å². The van der Waals surface area contributed by atoms with E-state index in [1.54, 1.807) is 18.3 Å². The lowest BCUT2D eigenvalue weighted by Gasteiger charge is -2.26. The third-order valence-electron chi connectivity index (χ3n) is 5.10. The number of benzene rings is 1. The first kappa shape index (κ1) is 17.0. The van der Waals surface area contributed by atoms with Gasteiger partial charge in [-0.1, -0.05) is 6.07 Å². The largest absolute Gasteiger partial charge is 0.346 e. The minimum absolute atomic E-state index is 0.197. The summed E-state index contributed by atoms with van der Waals surface area (Å²) in [4.78, 5) is 23.3. The van der Waals surface area contributed by atoms with Gasteiger partial charge in [0.05, 0.1) is 12.1 Å². The molecule has 1 aliphatic carbocycles. The molecule has 2 fully saturated rings. The van der Waals surface area contributed by atoms with Gasteiger partial charge in [0.1, 0.15) is 11.5 Å². The van der Waals surface area contributed by atoms with E-state index in [-0.39, 0.29) is 18.0 Å². The number of nitrogens with zero attached hydrogens (tertiary/aromatic N) is 3. The number of hydrogen-bond donors (Lipinski definition) is 1. The normalized spacial score (nSPS) is 23.2. The van der Waals surface area contributed by atoms with Gasteiger partial charge in [0.15, 0.2) is 11.6 Å². The molecule has 1 amide bonds. The molecule has 1 aromatic carbocycles. The number of likely N-dealkylation sites (N-methyl/N-ethyl adjacent to an activating group) is 1. The molecule has 0 bridgehead atoms. The number of aromatic nitrogens is 2. The lowest BCUT2D eigenvalue weighted by atomic mass is 9.99. The first-order chi connectivity index (χ1) is 12.5. The Hall–Kier alpha value is -2.41. The molecule has 4 rings (SSSR count). The van der Waals surface area contributed by atoms with Gasteiger partial charge in [0.2, 0.25) is 0 Å². The van der Waals surface area contributed by atoms with Crippen LogP contribution >= 0.6 is 0 Å². The fraction of sp³-hybridized carbons (Fsp3) is 0.421. The van der Waals surface area contributed by atoms with Crippen molar-refractivity contribution in [1.82, 2.24) is 20.2 Å². The van der Waals surface area contributed by atoms with Gasteiger partial charge in [0.25, 0.3) is 5.91 Å². The van der Waals surface area contributed by atoms with Gasteiger partial charge in [-0.05, 0) is 50.1 Å². The Kier molecular flexibility index (Phi) is 4.40. The standard InChI is InChI=1S/C19H20F2N4O/c1-25-9-7-15(17(25)12-4-5-13(20)14(21)10-12)24-19(26)16-6-8-22-18(23-16)11-2-3-11/h4-6,8,10-11,15,17H,2-3,7,9H2,1H3,(H,24,26). The van der Waals surface area contributed by atoms with Gasteiger partial charge >= 0.3 is 0 Å². The van der Waals surface area contributed by atoms with Gasteiger partial charge in [-0.2, -0.15) is 0 Å². The van der Waals surface area contributed by atoms with Crippen molar-refractivity contribution in [2.24, 2.45) is 0 Å². The van der Waals surface area contributed by atoms with Gasteiger partial charge in [-0.3, -0.25) is 9.69 Å². The maximum Gasteiger partial charge on any atom is 0.270 e. The van der Waals surface area contributed by atoms with E-state index in [0.29, 0.717) is 17.2 Å². The summed E-state index contributed by atoms with van der Waals surface area (Å²) >= 11 is 0. The summed E-state index contributed by atoms with van der Waals surface area (Å²) in [6, 6.07) is 5.10. The van der Waals surface area contributed by atoms with E-state index in [0.717, 1.165) is 37.7 Å². The van der Waals surface area contributed by atoms with Crippen LogP contribution in [0.25, 0.3) is 0 Å². The van der Waals surface area contributed by atoms with Crippen molar-refractivity contribution in [3.05, 3.63) is 59.2 Å².